The summed E-state index contributed by atoms with van der Waals surface area (Å²) in [5.41, 5.74) is 0.781. The number of nitrogens with one attached hydrogen (secondary N) is 1. The smallest absolute Gasteiger partial charge is 0.323 e. The Bertz CT molecular complexity index is 710. The van der Waals surface area contributed by atoms with Crippen molar-refractivity contribution < 1.29 is 9.32 Å². The number of nitrogens with zero attached hydrogens (tertiary/aromatic N) is 4. The first-order chi connectivity index (χ1) is 11.3. The van der Waals surface area contributed by atoms with Crippen molar-refractivity contribution in [1.29, 1.82) is 0 Å². The number of hydrogen-bond donors (Lipinski definition) is 1. The van der Waals surface area contributed by atoms with Gasteiger partial charge in [-0.3, -0.25) is 5.32 Å². The molecule has 130 valence electrons. The molecule has 8 heteroatoms. The van der Waals surface area contributed by atoms with Crippen LogP contribution in [0.15, 0.2) is 10.6 Å². The van der Waals surface area contributed by atoms with Crippen molar-refractivity contribution in [3.05, 3.63) is 23.3 Å². The highest BCUT2D eigenvalue weighted by Crippen LogP contribution is 2.29. The lowest BCUT2D eigenvalue weighted by molar-refractivity contribution is 0.188. The number of carbonyl (C=O) groups is 1. The Morgan fingerprint density at radius 3 is 2.62 bits per heavy atom. The molecular weight excluding hydrogens is 326 g/mol. The minimum atomic E-state index is -0.118. The number of rotatable bonds is 2. The maximum Gasteiger partial charge on any atom is 0.323 e. The lowest BCUT2D eigenvalue weighted by Crippen LogP contribution is -2.40. The molecule has 2 aromatic rings. The van der Waals surface area contributed by atoms with Gasteiger partial charge in [0.1, 0.15) is 11.6 Å². The summed E-state index contributed by atoms with van der Waals surface area (Å²) in [6.07, 6.45) is 1.76. The first-order valence-electron chi connectivity index (χ1n) is 8.16. The van der Waals surface area contributed by atoms with E-state index in [-0.39, 0.29) is 11.4 Å². The third kappa shape index (κ3) is 3.75. The van der Waals surface area contributed by atoms with Crippen LogP contribution in [0.5, 0.6) is 0 Å². The SMILES string of the molecule is Cc1cc(C2CCN(C(=O)Nc3nc(C(C)(C)C)ns3)CC2)on1. The zero-order valence-corrected chi connectivity index (χ0v) is 15.3. The standard InChI is InChI=1S/C16H23N5O2S/c1-10-9-12(23-19-10)11-5-7-21(8-6-11)15(22)18-14-17-13(20-24-14)16(2,3)4/h9,11H,5-8H2,1-4H3,(H,17,18,20,22). The van der Waals surface area contributed by atoms with Crippen LogP contribution >= 0.6 is 11.5 Å². The Labute approximate surface area is 145 Å². The zero-order chi connectivity index (χ0) is 17.3. The number of anilines is 1. The molecule has 1 aliphatic heterocycles. The minimum absolute atomic E-state index is 0.112. The Morgan fingerprint density at radius 2 is 2.08 bits per heavy atom. The second kappa shape index (κ2) is 6.51. The third-order valence-electron chi connectivity index (χ3n) is 4.14. The Kier molecular flexibility index (Phi) is 4.58. The predicted molar refractivity (Wildman–Crippen MR) is 92.4 cm³/mol. The number of hydrogen-bond acceptors (Lipinski definition) is 6. The molecule has 1 aliphatic rings. The Morgan fingerprint density at radius 1 is 1.38 bits per heavy atom. The molecule has 0 radical (unpaired) electrons. The molecule has 7 nitrogen and oxygen atoms in total. The molecule has 0 unspecified atom stereocenters. The maximum atomic E-state index is 12.4. The van der Waals surface area contributed by atoms with Crippen LogP contribution in [0.2, 0.25) is 0 Å². The Hall–Kier alpha value is -1.96. The normalized spacial score (nSPS) is 16.4. The van der Waals surface area contributed by atoms with Gasteiger partial charge in [0, 0.05) is 42.0 Å². The highest BCUT2D eigenvalue weighted by atomic mass is 32.1. The summed E-state index contributed by atoms with van der Waals surface area (Å²) in [4.78, 5) is 18.6. The average molecular weight is 349 g/mol. The third-order valence-corrected chi connectivity index (χ3v) is 4.77. The molecule has 0 bridgehead atoms. The first-order valence-corrected chi connectivity index (χ1v) is 8.93. The van der Waals surface area contributed by atoms with Crippen molar-refractivity contribution in [2.24, 2.45) is 0 Å². The van der Waals surface area contributed by atoms with Crippen molar-refractivity contribution in [1.82, 2.24) is 19.4 Å². The molecule has 0 spiro atoms. The van der Waals surface area contributed by atoms with Gasteiger partial charge in [0.25, 0.3) is 0 Å². The molecule has 24 heavy (non-hydrogen) atoms. The van der Waals surface area contributed by atoms with E-state index in [9.17, 15) is 4.79 Å². The summed E-state index contributed by atoms with van der Waals surface area (Å²) < 4.78 is 9.66. The molecule has 1 fully saturated rings. The van der Waals surface area contributed by atoms with Crippen LogP contribution in [0, 0.1) is 6.92 Å². The number of aromatic nitrogens is 3. The number of carbonyl (C=O) groups excluding carboxylic acids is 1. The van der Waals surface area contributed by atoms with Crippen LogP contribution in [0.3, 0.4) is 0 Å². The van der Waals surface area contributed by atoms with Crippen molar-refractivity contribution >= 4 is 22.7 Å². The van der Waals surface area contributed by atoms with Crippen LogP contribution in [-0.2, 0) is 5.41 Å². The van der Waals surface area contributed by atoms with Gasteiger partial charge in [-0.05, 0) is 19.8 Å². The van der Waals surface area contributed by atoms with Crippen LogP contribution < -0.4 is 5.32 Å². The highest BCUT2D eigenvalue weighted by molar-refractivity contribution is 7.09. The highest BCUT2D eigenvalue weighted by Gasteiger charge is 2.27. The number of amides is 2. The van der Waals surface area contributed by atoms with E-state index < -0.39 is 0 Å². The topological polar surface area (TPSA) is 84.2 Å². The van der Waals surface area contributed by atoms with E-state index in [2.05, 4.69) is 40.6 Å². The van der Waals surface area contributed by atoms with Crippen LogP contribution in [0.4, 0.5) is 9.93 Å². The molecule has 3 rings (SSSR count). The summed E-state index contributed by atoms with van der Waals surface area (Å²) in [5, 5.41) is 7.35. The number of likely N-dealkylation sites (tertiary alicyclic amines) is 1. The van der Waals surface area contributed by atoms with Crippen molar-refractivity contribution in [2.45, 2.75) is 51.9 Å². The van der Waals surface area contributed by atoms with Crippen molar-refractivity contribution in [3.8, 4) is 0 Å². The van der Waals surface area contributed by atoms with E-state index >= 15 is 0 Å². The molecule has 0 aliphatic carbocycles. The van der Waals surface area contributed by atoms with Gasteiger partial charge in [-0.15, -0.1) is 0 Å². The fraction of sp³-hybridized carbons (Fsp3) is 0.625. The second-order valence-corrected chi connectivity index (χ2v) is 7.99. The molecule has 2 amide bonds. The van der Waals surface area contributed by atoms with E-state index in [1.807, 2.05) is 17.9 Å². The molecule has 1 saturated heterocycles. The van der Waals surface area contributed by atoms with E-state index in [1.165, 1.54) is 11.5 Å². The Balaban J connectivity index is 1.54. The summed E-state index contributed by atoms with van der Waals surface area (Å²) in [5.74, 6) is 2.01. The van der Waals surface area contributed by atoms with Gasteiger partial charge in [0.2, 0.25) is 5.13 Å². The molecule has 0 aromatic carbocycles. The van der Waals surface area contributed by atoms with Crippen molar-refractivity contribution in [3.63, 3.8) is 0 Å². The fourth-order valence-electron chi connectivity index (χ4n) is 2.69. The molecule has 0 atom stereocenters. The monoisotopic (exact) mass is 349 g/mol. The van der Waals surface area contributed by atoms with Gasteiger partial charge in [-0.2, -0.15) is 4.37 Å². The number of aryl methyl sites for hydroxylation is 1. The molecule has 3 heterocycles. The second-order valence-electron chi connectivity index (χ2n) is 7.24. The molecule has 1 N–H and O–H groups in total. The lowest BCUT2D eigenvalue weighted by atomic mass is 9.94. The van der Waals surface area contributed by atoms with Gasteiger partial charge in [0.05, 0.1) is 5.69 Å². The average Bonchev–Trinajstić information content (AvgIpc) is 3.16. The maximum absolute atomic E-state index is 12.4. The summed E-state index contributed by atoms with van der Waals surface area (Å²) >= 11 is 1.23. The summed E-state index contributed by atoms with van der Waals surface area (Å²) in [7, 11) is 0. The largest absolute Gasteiger partial charge is 0.361 e. The minimum Gasteiger partial charge on any atom is -0.361 e. The van der Waals surface area contributed by atoms with Crippen LogP contribution in [0.25, 0.3) is 0 Å². The fourth-order valence-corrected chi connectivity index (χ4v) is 3.44. The van der Waals surface area contributed by atoms with Gasteiger partial charge in [-0.1, -0.05) is 25.9 Å². The van der Waals surface area contributed by atoms with Crippen molar-refractivity contribution in [2.75, 3.05) is 18.4 Å². The molecule has 2 aromatic heterocycles. The van der Waals surface area contributed by atoms with Gasteiger partial charge in [-0.25, -0.2) is 9.78 Å². The zero-order valence-electron chi connectivity index (χ0n) is 14.5. The quantitative estimate of drug-likeness (QED) is 0.896. The van der Waals surface area contributed by atoms with Gasteiger partial charge < -0.3 is 9.42 Å². The summed E-state index contributed by atoms with van der Waals surface area (Å²) in [6, 6.07) is 1.87. The summed E-state index contributed by atoms with van der Waals surface area (Å²) in [6.45, 7) is 9.47. The van der Waals surface area contributed by atoms with E-state index in [4.69, 9.17) is 4.52 Å². The van der Waals surface area contributed by atoms with E-state index in [0.717, 1.165) is 30.1 Å². The van der Waals surface area contributed by atoms with Crippen LogP contribution in [-0.4, -0.2) is 38.5 Å². The van der Waals surface area contributed by atoms with E-state index in [0.29, 0.717) is 24.1 Å². The van der Waals surface area contributed by atoms with Crippen LogP contribution in [0.1, 0.15) is 56.8 Å². The van der Waals surface area contributed by atoms with E-state index in [1.54, 1.807) is 0 Å². The molecule has 0 saturated carbocycles. The molecular formula is C16H23N5O2S. The predicted octanol–water partition coefficient (Wildman–Crippen LogP) is 3.54. The number of piperidine rings is 1. The number of urea groups is 1. The lowest BCUT2D eigenvalue weighted by Gasteiger charge is -2.30. The van der Waals surface area contributed by atoms with Gasteiger partial charge >= 0.3 is 6.03 Å². The van der Waals surface area contributed by atoms with Gasteiger partial charge in [0.15, 0.2) is 0 Å². The first kappa shape index (κ1) is 16.9.